The van der Waals surface area contributed by atoms with Crippen LogP contribution >= 0.6 is 0 Å². The molecular formula is C24H32O. The Morgan fingerprint density at radius 2 is 2.00 bits per heavy atom. The van der Waals surface area contributed by atoms with Gasteiger partial charge in [0.25, 0.3) is 0 Å². The zero-order valence-electron chi connectivity index (χ0n) is 16.6. The Kier molecular flexibility index (Phi) is 5.77. The van der Waals surface area contributed by atoms with Crippen LogP contribution in [-0.4, -0.2) is 5.11 Å². The first-order chi connectivity index (χ1) is 11.7. The minimum absolute atomic E-state index is 0.113. The quantitative estimate of drug-likeness (QED) is 0.585. The third-order valence-corrected chi connectivity index (χ3v) is 4.62. The summed E-state index contributed by atoms with van der Waals surface area (Å²) in [4.78, 5) is 0. The zero-order chi connectivity index (χ0) is 18.8. The van der Waals surface area contributed by atoms with Crippen LogP contribution in [0.25, 0.3) is 11.6 Å². The molecule has 1 aliphatic rings. The smallest absolute Gasteiger partial charge is 0.127 e. The maximum atomic E-state index is 11.1. The molecular weight excluding hydrogens is 304 g/mol. The molecule has 0 atom stereocenters. The van der Waals surface area contributed by atoms with E-state index < -0.39 is 0 Å². The fraction of sp³-hybridized carbons (Fsp3) is 0.417. The first kappa shape index (κ1) is 19.3. The van der Waals surface area contributed by atoms with Crippen LogP contribution in [0.2, 0.25) is 0 Å². The van der Waals surface area contributed by atoms with E-state index in [0.29, 0.717) is 11.7 Å². The number of aromatic hydroxyl groups is 1. The van der Waals surface area contributed by atoms with Crippen molar-refractivity contribution in [1.29, 1.82) is 0 Å². The molecule has 0 heterocycles. The van der Waals surface area contributed by atoms with Crippen LogP contribution in [0, 0.1) is 5.92 Å². The predicted molar refractivity (Wildman–Crippen MR) is 111 cm³/mol. The minimum atomic E-state index is -0.113. The average molecular weight is 337 g/mol. The molecule has 0 amide bonds. The number of fused-ring (bicyclic) bond motifs is 1. The van der Waals surface area contributed by atoms with Gasteiger partial charge in [-0.1, -0.05) is 77.2 Å². The molecule has 1 aliphatic carbocycles. The summed E-state index contributed by atoms with van der Waals surface area (Å²) in [5.74, 6) is 1.05. The average Bonchev–Trinajstić information content (AvgIpc) is 2.86. The molecule has 0 saturated heterocycles. The van der Waals surface area contributed by atoms with E-state index in [9.17, 15) is 5.11 Å². The Morgan fingerprint density at radius 3 is 2.52 bits per heavy atom. The van der Waals surface area contributed by atoms with Gasteiger partial charge in [-0.05, 0) is 53.9 Å². The SMILES string of the molecule is C=C/C=C(\C=C/C)c1c(O)c(C(C)(C)C)cc2c1CC(CC(C)C)=C2. The molecule has 0 aromatic heterocycles. The summed E-state index contributed by atoms with van der Waals surface area (Å²) in [6, 6.07) is 2.18. The van der Waals surface area contributed by atoms with Crippen molar-refractivity contribution < 1.29 is 5.11 Å². The molecule has 1 nitrogen and oxygen atoms in total. The molecule has 1 N–H and O–H groups in total. The van der Waals surface area contributed by atoms with E-state index >= 15 is 0 Å². The first-order valence-corrected chi connectivity index (χ1v) is 9.23. The molecule has 0 fully saturated rings. The largest absolute Gasteiger partial charge is 0.507 e. The highest BCUT2D eigenvalue weighted by molar-refractivity contribution is 5.86. The lowest BCUT2D eigenvalue weighted by molar-refractivity contribution is 0.444. The van der Waals surface area contributed by atoms with Crippen LogP contribution in [-0.2, 0) is 11.8 Å². The standard InChI is InChI=1S/C24H32O/c1-8-10-18(11-9-2)22-20-14-17(12-16(3)4)13-19(20)15-21(23(22)25)24(5,6)7/h8-11,13,15-16,25H,1,12,14H2,2-7H3/b11-9-,18-10+. The second-order valence-corrected chi connectivity index (χ2v) is 8.40. The van der Waals surface area contributed by atoms with E-state index in [-0.39, 0.29) is 5.41 Å². The van der Waals surface area contributed by atoms with Crippen molar-refractivity contribution in [1.82, 2.24) is 0 Å². The maximum Gasteiger partial charge on any atom is 0.127 e. The van der Waals surface area contributed by atoms with E-state index in [1.807, 2.05) is 19.1 Å². The van der Waals surface area contributed by atoms with E-state index in [1.165, 1.54) is 16.7 Å². The van der Waals surface area contributed by atoms with Gasteiger partial charge in [-0.2, -0.15) is 0 Å². The Bertz CT molecular complexity index is 749. The van der Waals surface area contributed by atoms with Crippen LogP contribution in [0.3, 0.4) is 0 Å². The fourth-order valence-corrected chi connectivity index (χ4v) is 3.62. The van der Waals surface area contributed by atoms with E-state index in [0.717, 1.165) is 29.5 Å². The van der Waals surface area contributed by atoms with Crippen molar-refractivity contribution >= 4 is 11.6 Å². The molecule has 0 aliphatic heterocycles. The maximum absolute atomic E-state index is 11.1. The number of phenols is 1. The van der Waals surface area contributed by atoms with E-state index in [4.69, 9.17) is 0 Å². The molecule has 0 radical (unpaired) electrons. The topological polar surface area (TPSA) is 20.2 Å². The predicted octanol–water partition coefficient (Wildman–Crippen LogP) is 6.82. The molecule has 134 valence electrons. The summed E-state index contributed by atoms with van der Waals surface area (Å²) in [7, 11) is 0. The minimum Gasteiger partial charge on any atom is -0.507 e. The lowest BCUT2D eigenvalue weighted by Crippen LogP contribution is -2.13. The number of phenolic OH excluding ortho intramolecular Hbond substituents is 1. The van der Waals surface area contributed by atoms with Gasteiger partial charge >= 0.3 is 0 Å². The Balaban J connectivity index is 2.72. The lowest BCUT2D eigenvalue weighted by atomic mass is 9.81. The highest BCUT2D eigenvalue weighted by Crippen LogP contribution is 2.44. The Morgan fingerprint density at radius 1 is 1.32 bits per heavy atom. The highest BCUT2D eigenvalue weighted by Gasteiger charge is 2.28. The summed E-state index contributed by atoms with van der Waals surface area (Å²) in [5, 5.41) is 11.1. The highest BCUT2D eigenvalue weighted by atomic mass is 16.3. The van der Waals surface area contributed by atoms with Crippen LogP contribution in [0.5, 0.6) is 5.75 Å². The normalized spacial score (nSPS) is 15.0. The molecule has 1 aromatic rings. The van der Waals surface area contributed by atoms with Crippen molar-refractivity contribution in [2.24, 2.45) is 5.92 Å². The van der Waals surface area contributed by atoms with Crippen molar-refractivity contribution in [3.05, 3.63) is 64.8 Å². The van der Waals surface area contributed by atoms with Crippen molar-refractivity contribution in [2.45, 2.75) is 59.8 Å². The zero-order valence-corrected chi connectivity index (χ0v) is 16.6. The monoisotopic (exact) mass is 336 g/mol. The molecule has 1 heteroatoms. The lowest BCUT2D eigenvalue weighted by Gasteiger charge is -2.25. The van der Waals surface area contributed by atoms with Crippen molar-refractivity contribution in [2.75, 3.05) is 0 Å². The third kappa shape index (κ3) is 4.15. The molecule has 0 bridgehead atoms. The fourth-order valence-electron chi connectivity index (χ4n) is 3.62. The van der Waals surface area contributed by atoms with Crippen molar-refractivity contribution in [3.63, 3.8) is 0 Å². The van der Waals surface area contributed by atoms with Gasteiger partial charge in [0.2, 0.25) is 0 Å². The van der Waals surface area contributed by atoms with Gasteiger partial charge in [0, 0.05) is 11.1 Å². The van der Waals surface area contributed by atoms with Crippen LogP contribution < -0.4 is 0 Å². The van der Waals surface area contributed by atoms with Gasteiger partial charge in [0.1, 0.15) is 5.75 Å². The molecule has 0 saturated carbocycles. The summed E-state index contributed by atoms with van der Waals surface area (Å²) in [6.45, 7) is 16.8. The van der Waals surface area contributed by atoms with Crippen molar-refractivity contribution in [3.8, 4) is 5.75 Å². The number of rotatable bonds is 5. The van der Waals surface area contributed by atoms with Gasteiger partial charge in [0.15, 0.2) is 0 Å². The summed E-state index contributed by atoms with van der Waals surface area (Å²) >= 11 is 0. The summed E-state index contributed by atoms with van der Waals surface area (Å²) in [6.07, 6.45) is 12.2. The number of allylic oxidation sites excluding steroid dienone is 6. The number of hydrogen-bond donors (Lipinski definition) is 1. The van der Waals surface area contributed by atoms with Crippen LogP contribution in [0.1, 0.15) is 70.2 Å². The summed E-state index contributed by atoms with van der Waals surface area (Å²) in [5.41, 5.74) is 6.84. The van der Waals surface area contributed by atoms with Crippen LogP contribution in [0.15, 0.2) is 42.5 Å². The first-order valence-electron chi connectivity index (χ1n) is 9.23. The van der Waals surface area contributed by atoms with E-state index in [1.54, 1.807) is 6.08 Å². The molecule has 1 aromatic carbocycles. The molecule has 0 unspecified atom stereocenters. The van der Waals surface area contributed by atoms with Gasteiger partial charge in [-0.15, -0.1) is 0 Å². The second-order valence-electron chi connectivity index (χ2n) is 8.40. The Hall–Kier alpha value is -2.02. The Labute approximate surface area is 153 Å². The van der Waals surface area contributed by atoms with E-state index in [2.05, 4.69) is 59.4 Å². The molecule has 25 heavy (non-hydrogen) atoms. The number of hydrogen-bond acceptors (Lipinski definition) is 1. The third-order valence-electron chi connectivity index (χ3n) is 4.62. The van der Waals surface area contributed by atoms with Gasteiger partial charge in [0.05, 0.1) is 0 Å². The number of benzene rings is 1. The van der Waals surface area contributed by atoms with Gasteiger partial charge in [-0.3, -0.25) is 0 Å². The summed E-state index contributed by atoms with van der Waals surface area (Å²) < 4.78 is 0. The van der Waals surface area contributed by atoms with Gasteiger partial charge < -0.3 is 5.11 Å². The second kappa shape index (κ2) is 7.47. The van der Waals surface area contributed by atoms with Crippen LogP contribution in [0.4, 0.5) is 0 Å². The molecule has 2 rings (SSSR count). The van der Waals surface area contributed by atoms with Gasteiger partial charge in [-0.25, -0.2) is 0 Å². The molecule has 0 spiro atoms.